The lowest BCUT2D eigenvalue weighted by molar-refractivity contribution is -0.143. The second kappa shape index (κ2) is 7.94. The molecule has 0 unspecified atom stereocenters. The van der Waals surface area contributed by atoms with Crippen molar-refractivity contribution in [3.63, 3.8) is 0 Å². The fraction of sp³-hybridized carbons (Fsp3) is 0.526. The van der Waals surface area contributed by atoms with Gasteiger partial charge in [-0.25, -0.2) is 9.18 Å². The van der Waals surface area contributed by atoms with E-state index in [1.165, 1.54) is 12.1 Å². The smallest absolute Gasteiger partial charge is 0.320 e. The predicted octanol–water partition coefficient (Wildman–Crippen LogP) is 1.81. The minimum atomic E-state index is -0.804. The molecule has 0 saturated carbocycles. The van der Waals surface area contributed by atoms with Gasteiger partial charge in [-0.3, -0.25) is 9.59 Å². The summed E-state index contributed by atoms with van der Waals surface area (Å²) >= 11 is 0. The van der Waals surface area contributed by atoms with Crippen molar-refractivity contribution in [2.75, 3.05) is 39.3 Å². The highest BCUT2D eigenvalue weighted by Crippen LogP contribution is 2.20. The van der Waals surface area contributed by atoms with E-state index in [0.29, 0.717) is 57.7 Å². The molecule has 8 heteroatoms. The number of likely N-dealkylation sites (tertiary alicyclic amines) is 1. The maximum atomic E-state index is 13.5. The Labute approximate surface area is 157 Å². The molecule has 2 heterocycles. The molecule has 0 spiro atoms. The second-order valence-corrected chi connectivity index (χ2v) is 7.12. The molecule has 0 atom stereocenters. The first kappa shape index (κ1) is 19.1. The van der Waals surface area contributed by atoms with Gasteiger partial charge in [-0.2, -0.15) is 0 Å². The van der Waals surface area contributed by atoms with Gasteiger partial charge in [-0.1, -0.05) is 6.07 Å². The molecule has 27 heavy (non-hydrogen) atoms. The van der Waals surface area contributed by atoms with Crippen LogP contribution in [0, 0.1) is 18.7 Å². The van der Waals surface area contributed by atoms with Crippen LogP contribution in [0.15, 0.2) is 18.2 Å². The lowest BCUT2D eigenvalue weighted by atomic mass is 9.97. The lowest BCUT2D eigenvalue weighted by Gasteiger charge is -2.39. The molecule has 3 amide bonds. The number of halogens is 1. The van der Waals surface area contributed by atoms with Gasteiger partial charge in [0.1, 0.15) is 5.82 Å². The summed E-state index contributed by atoms with van der Waals surface area (Å²) in [5.74, 6) is -1.84. The minimum Gasteiger partial charge on any atom is -0.481 e. The molecule has 1 aromatic rings. The van der Waals surface area contributed by atoms with E-state index in [1.54, 1.807) is 27.7 Å². The number of aryl methyl sites for hydroxylation is 1. The van der Waals surface area contributed by atoms with Crippen LogP contribution in [0.4, 0.5) is 9.18 Å². The average Bonchev–Trinajstić information content (AvgIpc) is 2.69. The lowest BCUT2D eigenvalue weighted by Crippen LogP contribution is -2.55. The van der Waals surface area contributed by atoms with Crippen molar-refractivity contribution in [3.8, 4) is 0 Å². The van der Waals surface area contributed by atoms with Gasteiger partial charge in [0, 0.05) is 44.8 Å². The molecule has 1 N–H and O–H groups in total. The molecule has 0 aliphatic carbocycles. The monoisotopic (exact) mass is 377 g/mol. The molecule has 0 bridgehead atoms. The van der Waals surface area contributed by atoms with Crippen molar-refractivity contribution in [2.45, 2.75) is 19.8 Å². The molecule has 2 aliphatic heterocycles. The van der Waals surface area contributed by atoms with Crippen molar-refractivity contribution in [1.82, 2.24) is 14.7 Å². The third kappa shape index (κ3) is 4.20. The number of benzene rings is 1. The quantitative estimate of drug-likeness (QED) is 0.852. The number of carboxylic acids is 1. The number of piperazine rings is 1. The summed E-state index contributed by atoms with van der Waals surface area (Å²) in [5.41, 5.74) is 1.08. The molecule has 2 saturated heterocycles. The van der Waals surface area contributed by atoms with Gasteiger partial charge in [0.25, 0.3) is 5.91 Å². The van der Waals surface area contributed by atoms with Crippen molar-refractivity contribution in [2.24, 2.45) is 5.92 Å². The van der Waals surface area contributed by atoms with E-state index in [0.717, 1.165) is 5.56 Å². The Morgan fingerprint density at radius 3 is 2.11 bits per heavy atom. The Hall–Kier alpha value is -2.64. The third-order valence-corrected chi connectivity index (χ3v) is 5.38. The summed E-state index contributed by atoms with van der Waals surface area (Å²) in [6.07, 6.45) is 0.941. The highest BCUT2D eigenvalue weighted by atomic mass is 19.1. The van der Waals surface area contributed by atoms with Gasteiger partial charge in [0.05, 0.1) is 5.92 Å². The molecular formula is C19H24FN3O4. The number of carbonyl (C=O) groups is 3. The SMILES string of the molecule is Cc1ccc(F)cc1C(=O)N1CCN(C(=O)N2CCC(C(=O)O)CC2)CC1. The van der Waals surface area contributed by atoms with Crippen LogP contribution in [0.1, 0.15) is 28.8 Å². The van der Waals surface area contributed by atoms with E-state index in [-0.39, 0.29) is 17.9 Å². The average molecular weight is 377 g/mol. The first-order chi connectivity index (χ1) is 12.9. The zero-order valence-corrected chi connectivity index (χ0v) is 15.4. The second-order valence-electron chi connectivity index (χ2n) is 7.12. The maximum absolute atomic E-state index is 13.5. The van der Waals surface area contributed by atoms with Crippen molar-refractivity contribution in [3.05, 3.63) is 35.1 Å². The van der Waals surface area contributed by atoms with Crippen LogP contribution in [-0.2, 0) is 4.79 Å². The molecular weight excluding hydrogens is 353 g/mol. The molecule has 0 radical (unpaired) electrons. The van der Waals surface area contributed by atoms with Crippen molar-refractivity contribution in [1.29, 1.82) is 0 Å². The first-order valence-electron chi connectivity index (χ1n) is 9.19. The topological polar surface area (TPSA) is 81.2 Å². The Morgan fingerprint density at radius 1 is 0.963 bits per heavy atom. The number of carbonyl (C=O) groups excluding carboxylic acids is 2. The summed E-state index contributed by atoms with van der Waals surface area (Å²) < 4.78 is 13.5. The Bertz CT molecular complexity index is 738. The summed E-state index contributed by atoms with van der Waals surface area (Å²) in [4.78, 5) is 41.3. The summed E-state index contributed by atoms with van der Waals surface area (Å²) in [6.45, 7) is 4.27. The largest absolute Gasteiger partial charge is 0.481 e. The normalized spacial score (nSPS) is 18.5. The van der Waals surface area contributed by atoms with E-state index in [1.807, 2.05) is 0 Å². The van der Waals surface area contributed by atoms with Gasteiger partial charge >= 0.3 is 12.0 Å². The maximum Gasteiger partial charge on any atom is 0.320 e. The number of amides is 3. The zero-order valence-electron chi connectivity index (χ0n) is 15.4. The van der Waals surface area contributed by atoms with Crippen LogP contribution in [-0.4, -0.2) is 77.0 Å². The molecule has 2 fully saturated rings. The van der Waals surface area contributed by atoms with E-state index in [9.17, 15) is 18.8 Å². The first-order valence-corrected chi connectivity index (χ1v) is 9.19. The molecule has 1 aromatic carbocycles. The molecule has 146 valence electrons. The standard InChI is InChI=1S/C19H24FN3O4/c1-13-2-3-15(20)12-16(13)17(24)21-8-10-23(11-9-21)19(27)22-6-4-14(5-7-22)18(25)26/h2-3,12,14H,4-11H2,1H3,(H,25,26). The summed E-state index contributed by atoms with van der Waals surface area (Å²) in [7, 11) is 0. The van der Waals surface area contributed by atoms with Gasteiger partial charge in [-0.15, -0.1) is 0 Å². The molecule has 7 nitrogen and oxygen atoms in total. The van der Waals surface area contributed by atoms with Crippen LogP contribution < -0.4 is 0 Å². The number of rotatable bonds is 2. The molecule has 3 rings (SSSR count). The van der Waals surface area contributed by atoms with Crippen LogP contribution in [0.2, 0.25) is 0 Å². The van der Waals surface area contributed by atoms with Gasteiger partial charge in [-0.05, 0) is 37.5 Å². The number of aliphatic carboxylic acids is 1. The fourth-order valence-corrected chi connectivity index (χ4v) is 3.61. The van der Waals surface area contributed by atoms with E-state index in [4.69, 9.17) is 5.11 Å². The number of carboxylic acid groups (broad SMARTS) is 1. The highest BCUT2D eigenvalue weighted by Gasteiger charge is 2.31. The van der Waals surface area contributed by atoms with E-state index < -0.39 is 11.8 Å². The van der Waals surface area contributed by atoms with Gasteiger partial charge < -0.3 is 19.8 Å². The van der Waals surface area contributed by atoms with Gasteiger partial charge in [0.15, 0.2) is 0 Å². The zero-order chi connectivity index (χ0) is 19.6. The van der Waals surface area contributed by atoms with E-state index >= 15 is 0 Å². The van der Waals surface area contributed by atoms with Gasteiger partial charge in [0.2, 0.25) is 0 Å². The number of urea groups is 1. The Balaban J connectivity index is 1.54. The summed E-state index contributed by atoms with van der Waals surface area (Å²) in [6, 6.07) is 4.06. The van der Waals surface area contributed by atoms with Crippen molar-refractivity contribution < 1.29 is 23.9 Å². The van der Waals surface area contributed by atoms with Crippen LogP contribution in [0.3, 0.4) is 0 Å². The van der Waals surface area contributed by atoms with E-state index in [2.05, 4.69) is 0 Å². The summed E-state index contributed by atoms with van der Waals surface area (Å²) in [5, 5.41) is 9.05. The molecule has 2 aliphatic rings. The van der Waals surface area contributed by atoms with Crippen molar-refractivity contribution >= 4 is 17.9 Å². The Kier molecular flexibility index (Phi) is 5.62. The van der Waals surface area contributed by atoms with Crippen LogP contribution >= 0.6 is 0 Å². The number of piperidine rings is 1. The van der Waals surface area contributed by atoms with Crippen LogP contribution in [0.25, 0.3) is 0 Å². The minimum absolute atomic E-state index is 0.104. The Morgan fingerprint density at radius 2 is 1.52 bits per heavy atom. The number of hydrogen-bond donors (Lipinski definition) is 1. The fourth-order valence-electron chi connectivity index (χ4n) is 3.61. The third-order valence-electron chi connectivity index (χ3n) is 5.38. The number of nitrogens with zero attached hydrogens (tertiary/aromatic N) is 3. The molecule has 0 aromatic heterocycles. The highest BCUT2D eigenvalue weighted by molar-refractivity contribution is 5.95. The number of hydrogen-bond acceptors (Lipinski definition) is 3. The van der Waals surface area contributed by atoms with Crippen LogP contribution in [0.5, 0.6) is 0 Å². The predicted molar refractivity (Wildman–Crippen MR) is 95.9 cm³/mol.